The summed E-state index contributed by atoms with van der Waals surface area (Å²) in [5.74, 6) is 0.206. The molecule has 0 spiro atoms. The van der Waals surface area contributed by atoms with Crippen molar-refractivity contribution in [1.82, 2.24) is 4.90 Å². The molecular formula is C23H18ClN3O4S. The van der Waals surface area contributed by atoms with E-state index in [9.17, 15) is 9.59 Å². The zero-order chi connectivity index (χ0) is 22.5. The van der Waals surface area contributed by atoms with Crippen molar-refractivity contribution < 1.29 is 18.7 Å². The summed E-state index contributed by atoms with van der Waals surface area (Å²) in [7, 11) is 0. The lowest BCUT2D eigenvalue weighted by molar-refractivity contribution is -0.123. The van der Waals surface area contributed by atoms with Crippen LogP contribution in [0.15, 0.2) is 81.2 Å². The Labute approximate surface area is 193 Å². The van der Waals surface area contributed by atoms with Crippen molar-refractivity contribution in [1.29, 1.82) is 0 Å². The van der Waals surface area contributed by atoms with E-state index < -0.39 is 5.91 Å². The van der Waals surface area contributed by atoms with Crippen LogP contribution in [0.4, 0.5) is 5.69 Å². The van der Waals surface area contributed by atoms with Crippen LogP contribution in [0.2, 0.25) is 5.02 Å². The van der Waals surface area contributed by atoms with Gasteiger partial charge in [0, 0.05) is 0 Å². The number of primary amides is 1. The summed E-state index contributed by atoms with van der Waals surface area (Å²) in [5, 5.41) is 0.859. The van der Waals surface area contributed by atoms with Crippen molar-refractivity contribution in [2.45, 2.75) is 6.54 Å². The average molecular weight is 468 g/mol. The van der Waals surface area contributed by atoms with Crippen LogP contribution in [-0.4, -0.2) is 28.5 Å². The van der Waals surface area contributed by atoms with E-state index in [1.165, 1.54) is 11.8 Å². The van der Waals surface area contributed by atoms with Crippen LogP contribution in [0, 0.1) is 0 Å². The Morgan fingerprint density at radius 2 is 2.00 bits per heavy atom. The number of benzene rings is 2. The molecule has 9 heteroatoms. The third kappa shape index (κ3) is 5.22. The largest absolute Gasteiger partial charge is 0.482 e. The number of furan rings is 1. The minimum absolute atomic E-state index is 0.189. The van der Waals surface area contributed by atoms with Crippen molar-refractivity contribution in [3.8, 4) is 5.75 Å². The Kier molecular flexibility index (Phi) is 6.63. The Morgan fingerprint density at radius 3 is 2.69 bits per heavy atom. The van der Waals surface area contributed by atoms with Gasteiger partial charge >= 0.3 is 0 Å². The van der Waals surface area contributed by atoms with Gasteiger partial charge in [-0.05, 0) is 59.8 Å². The highest BCUT2D eigenvalue weighted by Gasteiger charge is 2.34. The third-order valence-corrected chi connectivity index (χ3v) is 5.69. The smallest absolute Gasteiger partial charge is 0.267 e. The average Bonchev–Trinajstić information content (AvgIpc) is 3.38. The van der Waals surface area contributed by atoms with Gasteiger partial charge in [-0.15, -0.1) is 0 Å². The number of thioether (sulfide) groups is 1. The van der Waals surface area contributed by atoms with Crippen LogP contribution >= 0.6 is 23.4 Å². The maximum atomic E-state index is 13.2. The number of hydrogen-bond donors (Lipinski definition) is 1. The second kappa shape index (κ2) is 9.76. The van der Waals surface area contributed by atoms with Gasteiger partial charge < -0.3 is 14.9 Å². The third-order valence-electron chi connectivity index (χ3n) is 4.39. The lowest BCUT2D eigenvalue weighted by Crippen LogP contribution is -2.28. The number of aliphatic imine (C=N–C) groups is 1. The van der Waals surface area contributed by atoms with E-state index in [2.05, 4.69) is 4.99 Å². The Bertz CT molecular complexity index is 1190. The van der Waals surface area contributed by atoms with Crippen molar-refractivity contribution in [2.24, 2.45) is 10.7 Å². The zero-order valence-electron chi connectivity index (χ0n) is 16.7. The number of para-hydroxylation sites is 1. The molecule has 4 rings (SSSR count). The molecule has 1 fully saturated rings. The number of rotatable bonds is 7. The molecule has 2 amide bonds. The molecule has 0 unspecified atom stereocenters. The van der Waals surface area contributed by atoms with Gasteiger partial charge in [0.2, 0.25) is 0 Å². The summed E-state index contributed by atoms with van der Waals surface area (Å²) in [6.07, 6.45) is 3.30. The number of carbonyl (C=O) groups excluding carboxylic acids is 2. The van der Waals surface area contributed by atoms with Crippen molar-refractivity contribution in [3.63, 3.8) is 0 Å². The first-order valence-corrected chi connectivity index (χ1v) is 10.8. The minimum Gasteiger partial charge on any atom is -0.482 e. The molecule has 32 heavy (non-hydrogen) atoms. The fourth-order valence-electron chi connectivity index (χ4n) is 2.93. The molecule has 2 N–H and O–H groups in total. The highest BCUT2D eigenvalue weighted by molar-refractivity contribution is 8.18. The Morgan fingerprint density at radius 1 is 1.19 bits per heavy atom. The number of nitrogens with zero attached hydrogens (tertiary/aromatic N) is 2. The highest BCUT2D eigenvalue weighted by atomic mass is 35.5. The molecule has 1 saturated heterocycles. The standard InChI is InChI=1S/C23H18ClN3O4S/c24-18-11-15(8-9-19(18)31-14-21(25)28)12-20-22(29)27(13-17-7-4-10-30-17)23(32-20)26-16-5-2-1-3-6-16/h1-12H,13-14H2,(H2,25,28). The molecule has 0 atom stereocenters. The molecule has 0 aliphatic carbocycles. The SMILES string of the molecule is NC(=O)COc1ccc(C=C2SC(=Nc3ccccc3)N(Cc3ccco3)C2=O)cc1Cl. The van der Waals surface area contributed by atoms with Crippen molar-refractivity contribution in [3.05, 3.63) is 88.2 Å². The highest BCUT2D eigenvalue weighted by Crippen LogP contribution is 2.36. The van der Waals surface area contributed by atoms with Gasteiger partial charge in [0.1, 0.15) is 11.5 Å². The normalized spacial score (nSPS) is 16.2. The fraction of sp³-hybridized carbons (Fsp3) is 0.0870. The Hall–Kier alpha value is -3.49. The molecule has 1 aliphatic rings. The molecular weight excluding hydrogens is 450 g/mol. The first-order valence-electron chi connectivity index (χ1n) is 9.58. The van der Waals surface area contributed by atoms with Gasteiger partial charge in [-0.2, -0.15) is 0 Å². The summed E-state index contributed by atoms with van der Waals surface area (Å²) in [6.45, 7) is -0.00195. The quantitative estimate of drug-likeness (QED) is 0.512. The van der Waals surface area contributed by atoms with E-state index in [0.717, 1.165) is 5.69 Å². The fourth-order valence-corrected chi connectivity index (χ4v) is 4.17. The van der Waals surface area contributed by atoms with Crippen LogP contribution in [-0.2, 0) is 16.1 Å². The number of amides is 2. The molecule has 0 saturated carbocycles. The number of hydrogen-bond acceptors (Lipinski definition) is 6. The molecule has 1 aromatic heterocycles. The van der Waals surface area contributed by atoms with E-state index in [4.69, 9.17) is 26.5 Å². The number of amidine groups is 1. The van der Waals surface area contributed by atoms with E-state index in [1.807, 2.05) is 36.4 Å². The summed E-state index contributed by atoms with van der Waals surface area (Å²) >= 11 is 7.52. The van der Waals surface area contributed by atoms with Gasteiger partial charge in [0.05, 0.1) is 28.4 Å². The Balaban J connectivity index is 1.62. The predicted molar refractivity (Wildman–Crippen MR) is 125 cm³/mol. The number of nitrogens with two attached hydrogens (primary N) is 1. The number of ether oxygens (including phenoxy) is 1. The van der Waals surface area contributed by atoms with Gasteiger partial charge in [-0.1, -0.05) is 35.9 Å². The van der Waals surface area contributed by atoms with E-state index >= 15 is 0 Å². The molecule has 7 nitrogen and oxygen atoms in total. The zero-order valence-corrected chi connectivity index (χ0v) is 18.3. The molecule has 2 heterocycles. The predicted octanol–water partition coefficient (Wildman–Crippen LogP) is 4.60. The van der Waals surface area contributed by atoms with Crippen LogP contribution < -0.4 is 10.5 Å². The number of halogens is 1. The van der Waals surface area contributed by atoms with Gasteiger partial charge in [-0.25, -0.2) is 4.99 Å². The summed E-state index contributed by atoms with van der Waals surface area (Å²) in [6, 6.07) is 18.0. The second-order valence-electron chi connectivity index (χ2n) is 6.76. The summed E-state index contributed by atoms with van der Waals surface area (Å²) in [5.41, 5.74) is 6.54. The summed E-state index contributed by atoms with van der Waals surface area (Å²) < 4.78 is 10.7. The van der Waals surface area contributed by atoms with Crippen molar-refractivity contribution in [2.75, 3.05) is 6.61 Å². The van der Waals surface area contributed by atoms with Crippen LogP contribution in [0.1, 0.15) is 11.3 Å². The number of carbonyl (C=O) groups is 2. The second-order valence-corrected chi connectivity index (χ2v) is 8.17. The van der Waals surface area contributed by atoms with E-state index in [-0.39, 0.29) is 19.1 Å². The van der Waals surface area contributed by atoms with Gasteiger partial charge in [0.15, 0.2) is 11.8 Å². The van der Waals surface area contributed by atoms with Crippen LogP contribution in [0.3, 0.4) is 0 Å². The first-order chi connectivity index (χ1) is 15.5. The maximum absolute atomic E-state index is 13.2. The summed E-state index contributed by atoms with van der Waals surface area (Å²) in [4.78, 5) is 30.8. The molecule has 0 radical (unpaired) electrons. The van der Waals surface area contributed by atoms with Crippen LogP contribution in [0.25, 0.3) is 6.08 Å². The monoisotopic (exact) mass is 467 g/mol. The molecule has 1 aliphatic heterocycles. The first kappa shape index (κ1) is 21.7. The maximum Gasteiger partial charge on any atom is 0.267 e. The molecule has 0 bridgehead atoms. The van der Waals surface area contributed by atoms with E-state index in [1.54, 1.807) is 41.5 Å². The lowest BCUT2D eigenvalue weighted by atomic mass is 10.2. The van der Waals surface area contributed by atoms with Crippen molar-refractivity contribution >= 4 is 52.1 Å². The molecule has 2 aromatic carbocycles. The van der Waals surface area contributed by atoms with Gasteiger partial charge in [-0.3, -0.25) is 14.5 Å². The van der Waals surface area contributed by atoms with Crippen LogP contribution in [0.5, 0.6) is 5.75 Å². The molecule has 162 valence electrons. The van der Waals surface area contributed by atoms with Gasteiger partial charge in [0.25, 0.3) is 11.8 Å². The lowest BCUT2D eigenvalue weighted by Gasteiger charge is -2.13. The molecule has 3 aromatic rings. The topological polar surface area (TPSA) is 98.1 Å². The van der Waals surface area contributed by atoms with E-state index in [0.29, 0.717) is 32.2 Å². The minimum atomic E-state index is -0.595.